The fraction of sp³-hybridized carbons (Fsp3) is 0.696. The van der Waals surface area contributed by atoms with Crippen LogP contribution >= 0.6 is 0 Å². The Balaban J connectivity index is 1.73. The molecule has 1 N–H and O–H groups in total. The van der Waals surface area contributed by atoms with Crippen molar-refractivity contribution in [3.8, 4) is 0 Å². The maximum atomic E-state index is 6.35. The summed E-state index contributed by atoms with van der Waals surface area (Å²) in [6, 6.07) is 6.71. The van der Waals surface area contributed by atoms with Gasteiger partial charge in [-0.05, 0) is 51.8 Å². The number of nitrogens with one attached hydrogen (secondary N) is 1. The highest BCUT2D eigenvalue weighted by molar-refractivity contribution is 6.91. The van der Waals surface area contributed by atoms with Gasteiger partial charge in [0.15, 0.2) is 0 Å². The van der Waals surface area contributed by atoms with Crippen LogP contribution in [0.25, 0.3) is 10.9 Å². The summed E-state index contributed by atoms with van der Waals surface area (Å²) in [6.45, 7) is 8.74. The summed E-state index contributed by atoms with van der Waals surface area (Å²) in [6.07, 6.45) is 9.12. The smallest absolute Gasteiger partial charge is 0.107 e. The van der Waals surface area contributed by atoms with E-state index < -0.39 is 8.07 Å². The fourth-order valence-corrected chi connectivity index (χ4v) is 8.93. The lowest BCUT2D eigenvalue weighted by molar-refractivity contribution is 0.0630. The number of hydrogen-bond acceptors (Lipinski definition) is 3. The largest absolute Gasteiger partial charge is 0.376 e. The van der Waals surface area contributed by atoms with Gasteiger partial charge in [-0.15, -0.1) is 0 Å². The number of pyridine rings is 1. The molecule has 2 heterocycles. The number of aromatic nitrogens is 2. The van der Waals surface area contributed by atoms with Crippen LogP contribution in [0.2, 0.25) is 18.1 Å². The molecule has 1 aliphatic carbocycles. The summed E-state index contributed by atoms with van der Waals surface area (Å²) in [5.74, 6) is 0.716. The van der Waals surface area contributed by atoms with Crippen LogP contribution < -0.4 is 5.32 Å². The molecule has 1 saturated carbocycles. The normalized spacial score (nSPS) is 20.9. The van der Waals surface area contributed by atoms with Crippen molar-refractivity contribution in [1.82, 2.24) is 14.9 Å². The van der Waals surface area contributed by atoms with E-state index in [0.717, 1.165) is 19.3 Å². The van der Waals surface area contributed by atoms with Gasteiger partial charge in [0.1, 0.15) is 8.07 Å². The topological polar surface area (TPSA) is 41.1 Å². The van der Waals surface area contributed by atoms with Crippen LogP contribution in [0.3, 0.4) is 0 Å². The van der Waals surface area contributed by atoms with E-state index in [1.165, 1.54) is 65.6 Å². The van der Waals surface area contributed by atoms with Crippen LogP contribution in [0.15, 0.2) is 18.5 Å². The molecule has 0 aliphatic heterocycles. The Labute approximate surface area is 172 Å². The van der Waals surface area contributed by atoms with E-state index in [2.05, 4.69) is 55.8 Å². The molecule has 0 saturated heterocycles. The second-order valence-electron chi connectivity index (χ2n) is 8.89. The molecular formula is C23H39N3OSi. The van der Waals surface area contributed by atoms with Crippen molar-refractivity contribution in [2.75, 3.05) is 20.7 Å². The van der Waals surface area contributed by atoms with E-state index in [1.54, 1.807) is 0 Å². The third-order valence-corrected chi connectivity index (χ3v) is 13.0. The molecule has 0 amide bonds. The van der Waals surface area contributed by atoms with Gasteiger partial charge in [-0.3, -0.25) is 4.98 Å². The van der Waals surface area contributed by atoms with E-state index in [0.29, 0.717) is 5.92 Å². The van der Waals surface area contributed by atoms with Gasteiger partial charge in [-0.2, -0.15) is 0 Å². The van der Waals surface area contributed by atoms with Crippen molar-refractivity contribution >= 4 is 24.3 Å². The zero-order chi connectivity index (χ0) is 20.1. The fourth-order valence-electron chi connectivity index (χ4n) is 5.13. The Morgan fingerprint density at radius 2 is 1.79 bits per heavy atom. The van der Waals surface area contributed by atoms with Crippen molar-refractivity contribution in [2.45, 2.75) is 77.2 Å². The quantitative estimate of drug-likeness (QED) is 0.607. The molecule has 4 nitrogen and oxygen atoms in total. The molecule has 28 heavy (non-hydrogen) atoms. The molecule has 0 bridgehead atoms. The lowest BCUT2D eigenvalue weighted by atomic mass is 9.86. The molecule has 0 radical (unpaired) electrons. The van der Waals surface area contributed by atoms with Gasteiger partial charge >= 0.3 is 0 Å². The SMILES string of the molecule is CC[Si](CC)(CC)c1[nH]c2ccncc2c1COCC1CCC(N(C)C)CC1. The average molecular weight is 402 g/mol. The number of fused-ring (bicyclic) bond motifs is 1. The maximum absolute atomic E-state index is 6.35. The number of aromatic amines is 1. The molecule has 0 atom stereocenters. The Kier molecular flexibility index (Phi) is 7.34. The first-order valence-corrected chi connectivity index (χ1v) is 13.9. The van der Waals surface area contributed by atoms with Crippen LogP contribution in [0.5, 0.6) is 0 Å². The molecule has 0 spiro atoms. The summed E-state index contributed by atoms with van der Waals surface area (Å²) in [4.78, 5) is 10.6. The van der Waals surface area contributed by atoms with Gasteiger partial charge in [0, 0.05) is 46.8 Å². The van der Waals surface area contributed by atoms with Gasteiger partial charge < -0.3 is 14.6 Å². The molecule has 156 valence electrons. The summed E-state index contributed by atoms with van der Waals surface area (Å²) < 4.78 is 6.35. The zero-order valence-electron chi connectivity index (χ0n) is 18.6. The minimum Gasteiger partial charge on any atom is -0.376 e. The highest BCUT2D eigenvalue weighted by Gasteiger charge is 2.34. The number of ether oxygens (including phenoxy) is 1. The maximum Gasteiger partial charge on any atom is 0.107 e. The molecule has 5 heteroatoms. The number of hydrogen-bond donors (Lipinski definition) is 1. The minimum absolute atomic E-state index is 0.716. The zero-order valence-corrected chi connectivity index (χ0v) is 19.6. The number of H-pyrrole nitrogens is 1. The number of nitrogens with zero attached hydrogens (tertiary/aromatic N) is 2. The van der Waals surface area contributed by atoms with E-state index in [-0.39, 0.29) is 0 Å². The second kappa shape index (κ2) is 9.55. The van der Waals surface area contributed by atoms with Crippen LogP contribution in [-0.2, 0) is 11.3 Å². The summed E-state index contributed by atoms with van der Waals surface area (Å²) in [7, 11) is 2.91. The highest BCUT2D eigenvalue weighted by atomic mass is 28.3. The Bertz CT molecular complexity index is 737. The van der Waals surface area contributed by atoms with Crippen molar-refractivity contribution in [1.29, 1.82) is 0 Å². The number of rotatable bonds is 9. The average Bonchev–Trinajstić information content (AvgIpc) is 3.09. The van der Waals surface area contributed by atoms with E-state index in [9.17, 15) is 0 Å². The molecule has 0 unspecified atom stereocenters. The van der Waals surface area contributed by atoms with Crippen molar-refractivity contribution < 1.29 is 4.74 Å². The standard InChI is InChI=1S/C23H39N3OSi/c1-6-28(7-2,8-3)23-21(20-15-24-14-13-22(20)25-23)17-27-16-18-9-11-19(12-10-18)26(4)5/h13-15,18-19,25H,6-12,16-17H2,1-5H3. The first kappa shape index (κ1) is 21.5. The van der Waals surface area contributed by atoms with Crippen LogP contribution in [0, 0.1) is 5.92 Å². The molecular weight excluding hydrogens is 362 g/mol. The first-order valence-electron chi connectivity index (χ1n) is 11.2. The van der Waals surface area contributed by atoms with Crippen LogP contribution in [0.1, 0.15) is 52.0 Å². The van der Waals surface area contributed by atoms with Gasteiger partial charge in [0.2, 0.25) is 0 Å². The molecule has 0 aromatic carbocycles. The third kappa shape index (κ3) is 4.36. The Hall–Kier alpha value is -1.17. The van der Waals surface area contributed by atoms with Crippen LogP contribution in [0.4, 0.5) is 0 Å². The lowest BCUT2D eigenvalue weighted by Crippen LogP contribution is -2.48. The monoisotopic (exact) mass is 401 g/mol. The van der Waals surface area contributed by atoms with Crippen LogP contribution in [-0.4, -0.2) is 49.7 Å². The minimum atomic E-state index is -1.50. The molecule has 1 aliphatic rings. The van der Waals surface area contributed by atoms with Crippen molar-refractivity contribution in [2.24, 2.45) is 5.92 Å². The van der Waals surface area contributed by atoms with Gasteiger partial charge in [-0.25, -0.2) is 0 Å². The second-order valence-corrected chi connectivity index (χ2v) is 14.1. The summed E-state index contributed by atoms with van der Waals surface area (Å²) in [5.41, 5.74) is 2.62. The van der Waals surface area contributed by atoms with E-state index in [1.807, 2.05) is 12.4 Å². The Morgan fingerprint density at radius 3 is 2.39 bits per heavy atom. The first-order chi connectivity index (χ1) is 13.5. The lowest BCUT2D eigenvalue weighted by Gasteiger charge is -2.32. The molecule has 2 aromatic heterocycles. The highest BCUT2D eigenvalue weighted by Crippen LogP contribution is 2.29. The third-order valence-electron chi connectivity index (χ3n) is 7.41. The van der Waals surface area contributed by atoms with Crippen molar-refractivity contribution in [3.63, 3.8) is 0 Å². The predicted octanol–water partition coefficient (Wildman–Crippen LogP) is 4.92. The van der Waals surface area contributed by atoms with E-state index >= 15 is 0 Å². The summed E-state index contributed by atoms with van der Waals surface area (Å²) >= 11 is 0. The predicted molar refractivity (Wildman–Crippen MR) is 122 cm³/mol. The Morgan fingerprint density at radius 1 is 1.11 bits per heavy atom. The molecule has 2 aromatic rings. The van der Waals surface area contributed by atoms with Gasteiger partial charge in [0.25, 0.3) is 0 Å². The van der Waals surface area contributed by atoms with Gasteiger partial charge in [-0.1, -0.05) is 38.9 Å². The van der Waals surface area contributed by atoms with Crippen molar-refractivity contribution in [3.05, 3.63) is 24.0 Å². The summed E-state index contributed by atoms with van der Waals surface area (Å²) in [5, 5.41) is 2.78. The van der Waals surface area contributed by atoms with Gasteiger partial charge in [0.05, 0.1) is 6.61 Å². The molecule has 1 fully saturated rings. The van der Waals surface area contributed by atoms with E-state index in [4.69, 9.17) is 4.74 Å². The molecule has 3 rings (SSSR count).